The van der Waals surface area contributed by atoms with Crippen LogP contribution < -0.4 is 10.9 Å². The van der Waals surface area contributed by atoms with Crippen molar-refractivity contribution in [1.82, 2.24) is 9.78 Å². The minimum Gasteiger partial charge on any atom is -0.381 e. The second-order valence-corrected chi connectivity index (χ2v) is 4.75. The first-order valence-electron chi connectivity index (χ1n) is 6.40. The van der Waals surface area contributed by atoms with E-state index in [1.807, 2.05) is 13.8 Å². The molecule has 0 spiro atoms. The third-order valence-corrected chi connectivity index (χ3v) is 2.91. The summed E-state index contributed by atoms with van der Waals surface area (Å²) >= 11 is 0. The van der Waals surface area contributed by atoms with Gasteiger partial charge in [0.15, 0.2) is 0 Å². The monoisotopic (exact) mass is 237 g/mol. The number of anilines is 1. The molecule has 0 atom stereocenters. The zero-order valence-electron chi connectivity index (χ0n) is 11.2. The van der Waals surface area contributed by atoms with E-state index in [4.69, 9.17) is 0 Å². The summed E-state index contributed by atoms with van der Waals surface area (Å²) in [5.74, 6) is 0.532. The molecule has 0 fully saturated rings. The predicted molar refractivity (Wildman–Crippen MR) is 71.3 cm³/mol. The zero-order valence-corrected chi connectivity index (χ0v) is 11.2. The molecule has 0 bridgehead atoms. The summed E-state index contributed by atoms with van der Waals surface area (Å²) in [6.45, 7) is 9.08. The van der Waals surface area contributed by atoms with E-state index >= 15 is 0 Å². The summed E-state index contributed by atoms with van der Waals surface area (Å²) in [6, 6.07) is 1.93. The third-order valence-electron chi connectivity index (χ3n) is 2.91. The van der Waals surface area contributed by atoms with E-state index in [1.165, 1.54) is 0 Å². The largest absolute Gasteiger partial charge is 0.381 e. The molecule has 96 valence electrons. The van der Waals surface area contributed by atoms with Gasteiger partial charge in [-0.2, -0.15) is 5.10 Å². The molecule has 0 unspecified atom stereocenters. The van der Waals surface area contributed by atoms with Crippen molar-refractivity contribution in [2.75, 3.05) is 5.32 Å². The van der Waals surface area contributed by atoms with Crippen LogP contribution in [0.5, 0.6) is 0 Å². The summed E-state index contributed by atoms with van der Waals surface area (Å²) < 4.78 is 1.56. The molecule has 4 heteroatoms. The maximum atomic E-state index is 11.8. The van der Waals surface area contributed by atoms with Gasteiger partial charge >= 0.3 is 0 Å². The van der Waals surface area contributed by atoms with Gasteiger partial charge in [0.2, 0.25) is 0 Å². The summed E-state index contributed by atoms with van der Waals surface area (Å²) in [7, 11) is 0. The van der Waals surface area contributed by atoms with Gasteiger partial charge in [-0.3, -0.25) is 4.79 Å². The van der Waals surface area contributed by atoms with Crippen molar-refractivity contribution in [2.45, 2.75) is 53.1 Å². The van der Waals surface area contributed by atoms with E-state index in [2.05, 4.69) is 24.3 Å². The molecule has 0 amide bonds. The molecule has 0 aliphatic heterocycles. The van der Waals surface area contributed by atoms with Crippen LogP contribution in [-0.4, -0.2) is 15.8 Å². The fraction of sp³-hybridized carbons (Fsp3) is 0.692. The van der Waals surface area contributed by atoms with Gasteiger partial charge in [-0.1, -0.05) is 26.7 Å². The van der Waals surface area contributed by atoms with Gasteiger partial charge in [-0.15, -0.1) is 0 Å². The van der Waals surface area contributed by atoms with Crippen LogP contribution in [0.15, 0.2) is 17.1 Å². The Morgan fingerprint density at radius 1 is 1.35 bits per heavy atom. The van der Waals surface area contributed by atoms with Gasteiger partial charge < -0.3 is 5.32 Å². The van der Waals surface area contributed by atoms with E-state index in [-0.39, 0.29) is 5.56 Å². The lowest BCUT2D eigenvalue weighted by molar-refractivity contribution is 0.385. The first-order chi connectivity index (χ1) is 8.06. The van der Waals surface area contributed by atoms with Crippen molar-refractivity contribution < 1.29 is 0 Å². The second-order valence-electron chi connectivity index (χ2n) is 4.75. The lowest BCUT2D eigenvalue weighted by atomic mass is 10.0. The molecular weight excluding hydrogens is 214 g/mol. The fourth-order valence-corrected chi connectivity index (χ4v) is 1.77. The molecule has 17 heavy (non-hydrogen) atoms. The Balaban J connectivity index is 2.79. The Morgan fingerprint density at radius 2 is 2.00 bits per heavy atom. The molecule has 1 aromatic heterocycles. The van der Waals surface area contributed by atoms with Crippen molar-refractivity contribution in [3.05, 3.63) is 22.6 Å². The zero-order chi connectivity index (χ0) is 12.8. The van der Waals surface area contributed by atoms with Crippen LogP contribution in [0.4, 0.5) is 5.69 Å². The SMILES string of the molecule is CCC(CC)Cn1ncc(NC(C)C)cc1=O. The maximum Gasteiger partial charge on any atom is 0.268 e. The van der Waals surface area contributed by atoms with Crippen molar-refractivity contribution in [3.8, 4) is 0 Å². The van der Waals surface area contributed by atoms with Crippen molar-refractivity contribution >= 4 is 5.69 Å². The summed E-state index contributed by atoms with van der Waals surface area (Å²) in [5.41, 5.74) is 0.772. The lowest BCUT2D eigenvalue weighted by Crippen LogP contribution is -2.26. The van der Waals surface area contributed by atoms with Gasteiger partial charge in [0.1, 0.15) is 0 Å². The molecule has 0 aliphatic carbocycles. The average molecular weight is 237 g/mol. The second kappa shape index (κ2) is 6.42. The van der Waals surface area contributed by atoms with Crippen LogP contribution in [0.2, 0.25) is 0 Å². The quantitative estimate of drug-likeness (QED) is 0.827. The summed E-state index contributed by atoms with van der Waals surface area (Å²) in [6.07, 6.45) is 3.89. The Morgan fingerprint density at radius 3 is 2.47 bits per heavy atom. The molecule has 1 N–H and O–H groups in total. The van der Waals surface area contributed by atoms with Crippen molar-refractivity contribution in [2.24, 2.45) is 5.92 Å². The van der Waals surface area contributed by atoms with Gasteiger partial charge in [0.25, 0.3) is 5.56 Å². The van der Waals surface area contributed by atoms with E-state index < -0.39 is 0 Å². The van der Waals surface area contributed by atoms with E-state index in [0.29, 0.717) is 18.5 Å². The Kier molecular flexibility index (Phi) is 5.19. The smallest absolute Gasteiger partial charge is 0.268 e. The van der Waals surface area contributed by atoms with Gasteiger partial charge in [0.05, 0.1) is 11.9 Å². The number of nitrogens with one attached hydrogen (secondary N) is 1. The topological polar surface area (TPSA) is 46.9 Å². The maximum absolute atomic E-state index is 11.8. The van der Waals surface area contributed by atoms with Crippen LogP contribution in [0, 0.1) is 5.92 Å². The molecule has 0 saturated carbocycles. The highest BCUT2D eigenvalue weighted by Gasteiger charge is 2.07. The minimum atomic E-state index is -0.0254. The van der Waals surface area contributed by atoms with Gasteiger partial charge in [0, 0.05) is 18.7 Å². The molecule has 4 nitrogen and oxygen atoms in total. The van der Waals surface area contributed by atoms with Gasteiger partial charge in [-0.25, -0.2) is 4.68 Å². The van der Waals surface area contributed by atoms with E-state index in [0.717, 1.165) is 18.5 Å². The standard InChI is InChI=1S/C13H23N3O/c1-5-11(6-2)9-16-13(17)7-12(8-14-16)15-10(3)4/h7-8,10-11,15H,5-6,9H2,1-4H3. The molecule has 0 aromatic carbocycles. The third kappa shape index (κ3) is 4.21. The lowest BCUT2D eigenvalue weighted by Gasteiger charge is -2.14. The molecule has 1 rings (SSSR count). The highest BCUT2D eigenvalue weighted by Crippen LogP contribution is 2.09. The molecular formula is C13H23N3O. The van der Waals surface area contributed by atoms with Gasteiger partial charge in [-0.05, 0) is 19.8 Å². The number of rotatable bonds is 6. The molecule has 0 radical (unpaired) electrons. The molecule has 1 aromatic rings. The molecule has 1 heterocycles. The van der Waals surface area contributed by atoms with Crippen LogP contribution in [-0.2, 0) is 6.54 Å². The van der Waals surface area contributed by atoms with Crippen molar-refractivity contribution in [3.63, 3.8) is 0 Å². The summed E-state index contributed by atoms with van der Waals surface area (Å²) in [4.78, 5) is 11.8. The first-order valence-corrected chi connectivity index (χ1v) is 6.40. The minimum absolute atomic E-state index is 0.0254. The van der Waals surface area contributed by atoms with Crippen LogP contribution in [0.25, 0.3) is 0 Å². The number of nitrogens with zero attached hydrogens (tertiary/aromatic N) is 2. The summed E-state index contributed by atoms with van der Waals surface area (Å²) in [5, 5.41) is 7.39. The first kappa shape index (κ1) is 13.7. The number of hydrogen-bond donors (Lipinski definition) is 1. The predicted octanol–water partition coefficient (Wildman–Crippen LogP) is 2.50. The molecule has 0 saturated heterocycles. The Bertz CT molecular complexity index is 394. The Labute approximate surface area is 103 Å². The molecule has 0 aliphatic rings. The Hall–Kier alpha value is -1.32. The highest BCUT2D eigenvalue weighted by atomic mass is 16.1. The average Bonchev–Trinajstić information content (AvgIpc) is 2.27. The van der Waals surface area contributed by atoms with Crippen molar-refractivity contribution in [1.29, 1.82) is 0 Å². The number of aromatic nitrogens is 2. The highest BCUT2D eigenvalue weighted by molar-refractivity contribution is 5.39. The van der Waals surface area contributed by atoms with Crippen LogP contribution >= 0.6 is 0 Å². The van der Waals surface area contributed by atoms with E-state index in [1.54, 1.807) is 16.9 Å². The van der Waals surface area contributed by atoms with Crippen LogP contribution in [0.3, 0.4) is 0 Å². The van der Waals surface area contributed by atoms with E-state index in [9.17, 15) is 4.79 Å². The number of hydrogen-bond acceptors (Lipinski definition) is 3. The normalized spacial score (nSPS) is 11.2. The fourth-order valence-electron chi connectivity index (χ4n) is 1.77. The van der Waals surface area contributed by atoms with Crippen LogP contribution in [0.1, 0.15) is 40.5 Å².